The van der Waals surface area contributed by atoms with Crippen molar-refractivity contribution in [3.8, 4) is 5.95 Å². The van der Waals surface area contributed by atoms with Gasteiger partial charge in [0.1, 0.15) is 11.8 Å². The number of aromatic nitrogens is 6. The molecule has 1 fully saturated rings. The molecule has 0 aliphatic carbocycles. The molecule has 1 aromatic carbocycles. The molecule has 0 unspecified atom stereocenters. The Morgan fingerprint density at radius 2 is 1.79 bits per heavy atom. The molecule has 0 radical (unpaired) electrons. The average Bonchev–Trinajstić information content (AvgIpc) is 3.26. The Bertz CT molecular complexity index is 1010. The standard InChI is InChI=1S/C17H16N6O/c1-2-4-15-13(3-1)19-11-23(15)17-18-9-14-16(21-17)22(10-20-14)12-5-7-24-8-6-12/h1-4,9-12H,5-8H2. The maximum Gasteiger partial charge on any atom is 0.237 e. The SMILES string of the molecule is c1ccc2c(c1)ncn2-c1ncc2ncn(C3CCOCC3)c2n1. The van der Waals surface area contributed by atoms with Crippen LogP contribution in [0.4, 0.5) is 0 Å². The van der Waals surface area contributed by atoms with Gasteiger partial charge in [0, 0.05) is 19.3 Å². The largest absolute Gasteiger partial charge is 0.381 e. The number of imidazole rings is 2. The van der Waals surface area contributed by atoms with Gasteiger partial charge in [0.2, 0.25) is 5.95 Å². The topological polar surface area (TPSA) is 70.7 Å². The number of benzene rings is 1. The van der Waals surface area contributed by atoms with Crippen LogP contribution in [0.25, 0.3) is 28.1 Å². The minimum absolute atomic E-state index is 0.381. The smallest absolute Gasteiger partial charge is 0.237 e. The van der Waals surface area contributed by atoms with Crippen molar-refractivity contribution < 1.29 is 4.74 Å². The molecule has 1 aliphatic rings. The van der Waals surface area contributed by atoms with Gasteiger partial charge in [0.25, 0.3) is 0 Å². The van der Waals surface area contributed by atoms with Gasteiger partial charge in [-0.3, -0.25) is 4.57 Å². The number of hydrogen-bond acceptors (Lipinski definition) is 5. The summed E-state index contributed by atoms with van der Waals surface area (Å²) in [6, 6.07) is 8.35. The van der Waals surface area contributed by atoms with Crippen LogP contribution >= 0.6 is 0 Å². The van der Waals surface area contributed by atoms with E-state index in [-0.39, 0.29) is 0 Å². The van der Waals surface area contributed by atoms with Gasteiger partial charge < -0.3 is 9.30 Å². The van der Waals surface area contributed by atoms with Crippen LogP contribution in [0.3, 0.4) is 0 Å². The van der Waals surface area contributed by atoms with Crippen LogP contribution in [0, 0.1) is 0 Å². The average molecular weight is 320 g/mol. The van der Waals surface area contributed by atoms with Crippen molar-refractivity contribution in [3.05, 3.63) is 43.1 Å². The van der Waals surface area contributed by atoms with E-state index in [9.17, 15) is 0 Å². The van der Waals surface area contributed by atoms with Crippen molar-refractivity contribution >= 4 is 22.2 Å². The zero-order valence-electron chi connectivity index (χ0n) is 13.0. The molecule has 5 rings (SSSR count). The lowest BCUT2D eigenvalue weighted by Gasteiger charge is -2.23. The maximum absolute atomic E-state index is 5.46. The van der Waals surface area contributed by atoms with Gasteiger partial charge in [-0.1, -0.05) is 12.1 Å². The van der Waals surface area contributed by atoms with Crippen molar-refractivity contribution in [2.24, 2.45) is 0 Å². The summed E-state index contributed by atoms with van der Waals surface area (Å²) in [7, 11) is 0. The lowest BCUT2D eigenvalue weighted by molar-refractivity contribution is 0.0704. The van der Waals surface area contributed by atoms with Crippen LogP contribution < -0.4 is 0 Å². The van der Waals surface area contributed by atoms with E-state index in [1.165, 1.54) is 0 Å². The molecule has 0 saturated carbocycles. The second-order valence-electron chi connectivity index (χ2n) is 5.98. The second-order valence-corrected chi connectivity index (χ2v) is 5.98. The zero-order chi connectivity index (χ0) is 15.9. The highest BCUT2D eigenvalue weighted by molar-refractivity contribution is 5.77. The predicted molar refractivity (Wildman–Crippen MR) is 89.0 cm³/mol. The number of ether oxygens (including phenoxy) is 1. The van der Waals surface area contributed by atoms with E-state index < -0.39 is 0 Å². The minimum Gasteiger partial charge on any atom is -0.381 e. The molecule has 0 N–H and O–H groups in total. The summed E-state index contributed by atoms with van der Waals surface area (Å²) in [5.41, 5.74) is 3.60. The summed E-state index contributed by atoms with van der Waals surface area (Å²) in [6.45, 7) is 1.57. The molecule has 0 bridgehead atoms. The van der Waals surface area contributed by atoms with E-state index in [4.69, 9.17) is 9.72 Å². The fraction of sp³-hybridized carbons (Fsp3) is 0.294. The lowest BCUT2D eigenvalue weighted by atomic mass is 10.1. The van der Waals surface area contributed by atoms with Crippen molar-refractivity contribution in [2.75, 3.05) is 13.2 Å². The highest BCUT2D eigenvalue weighted by atomic mass is 16.5. The summed E-state index contributed by atoms with van der Waals surface area (Å²) >= 11 is 0. The Kier molecular flexibility index (Phi) is 3.05. The lowest BCUT2D eigenvalue weighted by Crippen LogP contribution is -2.19. The fourth-order valence-corrected chi connectivity index (χ4v) is 3.28. The van der Waals surface area contributed by atoms with Gasteiger partial charge in [-0.05, 0) is 25.0 Å². The molecule has 24 heavy (non-hydrogen) atoms. The first-order valence-corrected chi connectivity index (χ1v) is 8.10. The van der Waals surface area contributed by atoms with Crippen LogP contribution in [0.2, 0.25) is 0 Å². The summed E-state index contributed by atoms with van der Waals surface area (Å²) < 4.78 is 9.53. The fourth-order valence-electron chi connectivity index (χ4n) is 3.28. The van der Waals surface area contributed by atoms with Gasteiger partial charge in [0.05, 0.1) is 23.6 Å². The molecule has 0 atom stereocenters. The first-order valence-electron chi connectivity index (χ1n) is 8.10. The Morgan fingerprint density at radius 1 is 0.958 bits per heavy atom. The van der Waals surface area contributed by atoms with Crippen molar-refractivity contribution in [2.45, 2.75) is 18.9 Å². The van der Waals surface area contributed by atoms with Gasteiger partial charge >= 0.3 is 0 Å². The third kappa shape index (κ3) is 2.09. The van der Waals surface area contributed by atoms with Crippen LogP contribution in [-0.2, 0) is 4.74 Å². The van der Waals surface area contributed by atoms with Gasteiger partial charge in [-0.25, -0.2) is 15.0 Å². The third-order valence-electron chi connectivity index (χ3n) is 4.56. The van der Waals surface area contributed by atoms with E-state index in [0.29, 0.717) is 12.0 Å². The molecule has 4 heterocycles. The molecular weight excluding hydrogens is 304 g/mol. The van der Waals surface area contributed by atoms with Crippen molar-refractivity contribution in [1.82, 2.24) is 29.1 Å². The quantitative estimate of drug-likeness (QED) is 0.567. The van der Waals surface area contributed by atoms with Crippen LogP contribution in [0.5, 0.6) is 0 Å². The summed E-state index contributed by atoms with van der Waals surface area (Å²) in [5.74, 6) is 0.616. The highest BCUT2D eigenvalue weighted by Gasteiger charge is 2.19. The predicted octanol–water partition coefficient (Wildman–Crippen LogP) is 2.52. The second kappa shape index (κ2) is 5.38. The van der Waals surface area contributed by atoms with Gasteiger partial charge in [-0.2, -0.15) is 4.98 Å². The minimum atomic E-state index is 0.381. The molecule has 0 amide bonds. The third-order valence-corrected chi connectivity index (χ3v) is 4.56. The maximum atomic E-state index is 5.46. The number of rotatable bonds is 2. The Labute approximate surface area is 138 Å². The monoisotopic (exact) mass is 320 g/mol. The molecule has 0 spiro atoms. The van der Waals surface area contributed by atoms with Crippen molar-refractivity contribution in [3.63, 3.8) is 0 Å². The Morgan fingerprint density at radius 3 is 2.71 bits per heavy atom. The van der Waals surface area contributed by atoms with E-state index in [0.717, 1.165) is 48.3 Å². The molecule has 1 saturated heterocycles. The number of fused-ring (bicyclic) bond motifs is 2. The number of hydrogen-bond donors (Lipinski definition) is 0. The summed E-state index contributed by atoms with van der Waals surface area (Å²) in [5, 5.41) is 0. The normalized spacial score (nSPS) is 16.2. The molecular formula is C17H16N6O. The van der Waals surface area contributed by atoms with Gasteiger partial charge in [0.15, 0.2) is 5.65 Å². The Hall–Kier alpha value is -2.80. The highest BCUT2D eigenvalue weighted by Crippen LogP contribution is 2.25. The molecule has 4 aromatic rings. The van der Waals surface area contributed by atoms with E-state index in [1.807, 2.05) is 35.2 Å². The van der Waals surface area contributed by atoms with E-state index in [2.05, 4.69) is 19.5 Å². The van der Waals surface area contributed by atoms with E-state index in [1.54, 1.807) is 12.5 Å². The molecule has 3 aromatic heterocycles. The van der Waals surface area contributed by atoms with Gasteiger partial charge in [-0.15, -0.1) is 0 Å². The summed E-state index contributed by atoms with van der Waals surface area (Å²) in [6.07, 6.45) is 7.38. The molecule has 7 nitrogen and oxygen atoms in total. The molecule has 1 aliphatic heterocycles. The summed E-state index contributed by atoms with van der Waals surface area (Å²) in [4.78, 5) is 18.1. The van der Waals surface area contributed by atoms with E-state index >= 15 is 0 Å². The van der Waals surface area contributed by atoms with Crippen molar-refractivity contribution in [1.29, 1.82) is 0 Å². The van der Waals surface area contributed by atoms with Crippen LogP contribution in [-0.4, -0.2) is 42.3 Å². The zero-order valence-corrected chi connectivity index (χ0v) is 13.0. The van der Waals surface area contributed by atoms with Crippen LogP contribution in [0.15, 0.2) is 43.1 Å². The van der Waals surface area contributed by atoms with Crippen LogP contribution in [0.1, 0.15) is 18.9 Å². The molecule has 120 valence electrons. The number of para-hydroxylation sites is 2. The number of nitrogens with zero attached hydrogens (tertiary/aromatic N) is 6. The first kappa shape index (κ1) is 13.6. The first-order chi connectivity index (χ1) is 11.9. The molecule has 7 heteroatoms. The Balaban J connectivity index is 1.64.